The highest BCUT2D eigenvalue weighted by Gasteiger charge is 2.25. The highest BCUT2D eigenvalue weighted by atomic mass is 16.2. The molecule has 0 N–H and O–H groups in total. The van der Waals surface area contributed by atoms with E-state index in [0.29, 0.717) is 5.92 Å². The van der Waals surface area contributed by atoms with Crippen LogP contribution in [-0.4, -0.2) is 23.9 Å². The van der Waals surface area contributed by atoms with Crippen LogP contribution in [0.4, 0.5) is 0 Å². The number of carbonyl (C=O) groups is 1. The second-order valence-corrected chi connectivity index (χ2v) is 4.68. The standard InChI is InChI=1S/C11H23NO/c1-7-12(10(4)13)8-11(5,6)9(2)3/h9H,7-8H2,1-6H3. The summed E-state index contributed by atoms with van der Waals surface area (Å²) < 4.78 is 0. The SMILES string of the molecule is CCN(CC(C)(C)C(C)C)C(C)=O. The molecule has 0 atom stereocenters. The number of hydrogen-bond acceptors (Lipinski definition) is 1. The number of amides is 1. The van der Waals surface area contributed by atoms with Gasteiger partial charge < -0.3 is 4.90 Å². The highest BCUT2D eigenvalue weighted by Crippen LogP contribution is 2.26. The van der Waals surface area contributed by atoms with E-state index >= 15 is 0 Å². The molecule has 2 nitrogen and oxygen atoms in total. The Labute approximate surface area is 82.3 Å². The first-order valence-corrected chi connectivity index (χ1v) is 5.06. The summed E-state index contributed by atoms with van der Waals surface area (Å²) in [7, 11) is 0. The van der Waals surface area contributed by atoms with Crippen molar-refractivity contribution in [2.45, 2.75) is 41.5 Å². The van der Waals surface area contributed by atoms with Crippen molar-refractivity contribution in [3.63, 3.8) is 0 Å². The molecule has 0 aliphatic rings. The molecule has 0 aliphatic carbocycles. The van der Waals surface area contributed by atoms with Crippen LogP contribution in [0.25, 0.3) is 0 Å². The van der Waals surface area contributed by atoms with Gasteiger partial charge in [0.1, 0.15) is 0 Å². The van der Waals surface area contributed by atoms with E-state index in [1.165, 1.54) is 0 Å². The number of hydrogen-bond donors (Lipinski definition) is 0. The summed E-state index contributed by atoms with van der Waals surface area (Å²) in [6.07, 6.45) is 0. The topological polar surface area (TPSA) is 20.3 Å². The fourth-order valence-corrected chi connectivity index (χ4v) is 1.12. The van der Waals surface area contributed by atoms with E-state index in [9.17, 15) is 4.79 Å². The van der Waals surface area contributed by atoms with Gasteiger partial charge in [0.25, 0.3) is 0 Å². The molecule has 0 saturated carbocycles. The molecule has 0 radical (unpaired) electrons. The van der Waals surface area contributed by atoms with Gasteiger partial charge in [-0.05, 0) is 18.3 Å². The van der Waals surface area contributed by atoms with Gasteiger partial charge >= 0.3 is 0 Å². The van der Waals surface area contributed by atoms with Crippen LogP contribution in [0.1, 0.15) is 41.5 Å². The van der Waals surface area contributed by atoms with Crippen LogP contribution in [0.2, 0.25) is 0 Å². The Balaban J connectivity index is 4.30. The lowest BCUT2D eigenvalue weighted by atomic mass is 9.81. The third kappa shape index (κ3) is 3.79. The van der Waals surface area contributed by atoms with Crippen LogP contribution in [0.3, 0.4) is 0 Å². The minimum atomic E-state index is 0.177. The molecule has 0 unspecified atom stereocenters. The van der Waals surface area contributed by atoms with Crippen molar-refractivity contribution >= 4 is 5.91 Å². The Hall–Kier alpha value is -0.530. The van der Waals surface area contributed by atoms with Crippen molar-refractivity contribution in [2.75, 3.05) is 13.1 Å². The largest absolute Gasteiger partial charge is 0.343 e. The lowest BCUT2D eigenvalue weighted by Crippen LogP contribution is -2.39. The van der Waals surface area contributed by atoms with E-state index in [-0.39, 0.29) is 11.3 Å². The zero-order valence-corrected chi connectivity index (χ0v) is 9.85. The molecule has 0 saturated heterocycles. The fourth-order valence-electron chi connectivity index (χ4n) is 1.12. The molecule has 0 bridgehead atoms. The van der Waals surface area contributed by atoms with Gasteiger partial charge in [-0.3, -0.25) is 4.79 Å². The highest BCUT2D eigenvalue weighted by molar-refractivity contribution is 5.73. The van der Waals surface area contributed by atoms with Crippen LogP contribution in [0.5, 0.6) is 0 Å². The molecule has 0 fully saturated rings. The lowest BCUT2D eigenvalue weighted by Gasteiger charge is -2.34. The van der Waals surface area contributed by atoms with E-state index in [4.69, 9.17) is 0 Å². The first-order chi connectivity index (χ1) is 5.81. The third-order valence-electron chi connectivity index (χ3n) is 2.99. The van der Waals surface area contributed by atoms with Crippen molar-refractivity contribution in [2.24, 2.45) is 11.3 Å². The van der Waals surface area contributed by atoms with Crippen molar-refractivity contribution in [3.8, 4) is 0 Å². The van der Waals surface area contributed by atoms with Crippen LogP contribution in [0.15, 0.2) is 0 Å². The van der Waals surface area contributed by atoms with Gasteiger partial charge in [0.2, 0.25) is 5.91 Å². The normalized spacial score (nSPS) is 11.9. The predicted molar refractivity (Wildman–Crippen MR) is 56.5 cm³/mol. The molecule has 0 spiro atoms. The molecular formula is C11H23NO. The number of carbonyl (C=O) groups excluding carboxylic acids is 1. The van der Waals surface area contributed by atoms with Gasteiger partial charge in [0.15, 0.2) is 0 Å². The first-order valence-electron chi connectivity index (χ1n) is 5.06. The Kier molecular flexibility index (Phi) is 4.45. The van der Waals surface area contributed by atoms with Crippen molar-refractivity contribution in [1.82, 2.24) is 4.90 Å². The minimum Gasteiger partial charge on any atom is -0.343 e. The molecule has 0 aromatic rings. The summed E-state index contributed by atoms with van der Waals surface area (Å²) in [6.45, 7) is 14.2. The van der Waals surface area contributed by atoms with Gasteiger partial charge in [0, 0.05) is 20.0 Å². The van der Waals surface area contributed by atoms with Crippen LogP contribution < -0.4 is 0 Å². The smallest absolute Gasteiger partial charge is 0.219 e. The van der Waals surface area contributed by atoms with Gasteiger partial charge in [0.05, 0.1) is 0 Å². The summed E-state index contributed by atoms with van der Waals surface area (Å²) in [4.78, 5) is 13.1. The second kappa shape index (κ2) is 4.64. The average Bonchev–Trinajstić information content (AvgIpc) is 1.99. The van der Waals surface area contributed by atoms with E-state index in [2.05, 4.69) is 27.7 Å². The van der Waals surface area contributed by atoms with E-state index in [0.717, 1.165) is 13.1 Å². The molecule has 0 aromatic heterocycles. The molecule has 0 aromatic carbocycles. The van der Waals surface area contributed by atoms with Crippen LogP contribution in [-0.2, 0) is 4.79 Å². The molecule has 2 heteroatoms. The van der Waals surface area contributed by atoms with Gasteiger partial charge in [-0.1, -0.05) is 27.7 Å². The zero-order valence-electron chi connectivity index (χ0n) is 9.85. The van der Waals surface area contributed by atoms with E-state index < -0.39 is 0 Å². The minimum absolute atomic E-state index is 0.177. The molecule has 78 valence electrons. The summed E-state index contributed by atoms with van der Waals surface area (Å²) in [6, 6.07) is 0. The summed E-state index contributed by atoms with van der Waals surface area (Å²) in [5.41, 5.74) is 0.210. The Morgan fingerprint density at radius 3 is 2.08 bits per heavy atom. The average molecular weight is 185 g/mol. The van der Waals surface area contributed by atoms with Crippen molar-refractivity contribution < 1.29 is 4.79 Å². The zero-order chi connectivity index (χ0) is 10.6. The Bertz CT molecular complexity index is 173. The monoisotopic (exact) mass is 185 g/mol. The predicted octanol–water partition coefficient (Wildman–Crippen LogP) is 2.54. The summed E-state index contributed by atoms with van der Waals surface area (Å²) in [5.74, 6) is 0.775. The van der Waals surface area contributed by atoms with Gasteiger partial charge in [-0.15, -0.1) is 0 Å². The van der Waals surface area contributed by atoms with Crippen LogP contribution >= 0.6 is 0 Å². The maximum absolute atomic E-state index is 11.2. The van der Waals surface area contributed by atoms with E-state index in [1.54, 1.807) is 6.92 Å². The Morgan fingerprint density at radius 1 is 1.38 bits per heavy atom. The molecular weight excluding hydrogens is 162 g/mol. The van der Waals surface area contributed by atoms with E-state index in [1.807, 2.05) is 11.8 Å². The molecule has 1 amide bonds. The van der Waals surface area contributed by atoms with Crippen molar-refractivity contribution in [1.29, 1.82) is 0 Å². The summed E-state index contributed by atoms with van der Waals surface area (Å²) in [5, 5.41) is 0. The number of nitrogens with zero attached hydrogens (tertiary/aromatic N) is 1. The lowest BCUT2D eigenvalue weighted by molar-refractivity contribution is -0.130. The first kappa shape index (κ1) is 12.5. The van der Waals surface area contributed by atoms with Gasteiger partial charge in [-0.25, -0.2) is 0 Å². The van der Waals surface area contributed by atoms with Crippen LogP contribution in [0, 0.1) is 11.3 Å². The maximum atomic E-state index is 11.2. The molecule has 0 rings (SSSR count). The molecule has 0 aliphatic heterocycles. The second-order valence-electron chi connectivity index (χ2n) is 4.68. The Morgan fingerprint density at radius 2 is 1.85 bits per heavy atom. The third-order valence-corrected chi connectivity index (χ3v) is 2.99. The fraction of sp³-hybridized carbons (Fsp3) is 0.909. The van der Waals surface area contributed by atoms with Crippen molar-refractivity contribution in [3.05, 3.63) is 0 Å². The van der Waals surface area contributed by atoms with Gasteiger partial charge in [-0.2, -0.15) is 0 Å². The maximum Gasteiger partial charge on any atom is 0.219 e. The quantitative estimate of drug-likeness (QED) is 0.659. The molecule has 13 heavy (non-hydrogen) atoms. The summed E-state index contributed by atoms with van der Waals surface area (Å²) >= 11 is 0. The number of rotatable bonds is 4. The molecule has 0 heterocycles.